The average Bonchev–Trinajstić information content (AvgIpc) is 2.81. The number of fused-ring (bicyclic) bond motifs is 1. The first-order valence-electron chi connectivity index (χ1n) is 5.65. The third kappa shape index (κ3) is 2.18. The van der Waals surface area contributed by atoms with E-state index in [-0.39, 0.29) is 22.9 Å². The predicted molar refractivity (Wildman–Crippen MR) is 68.9 cm³/mol. The standard InChI is InChI=1S/C12H13F2N5/c1-6(2)19-5-17-11-9(19)3-8(18-12(11)14)10(16)7(13)4-15/h3-6,15H,16H2,1-2H3. The van der Waals surface area contributed by atoms with Gasteiger partial charge in [-0.1, -0.05) is 0 Å². The van der Waals surface area contributed by atoms with Gasteiger partial charge in [-0.3, -0.25) is 0 Å². The highest BCUT2D eigenvalue weighted by molar-refractivity contribution is 5.87. The lowest BCUT2D eigenvalue weighted by Crippen LogP contribution is -2.05. The molecular weight excluding hydrogens is 252 g/mol. The van der Waals surface area contributed by atoms with Gasteiger partial charge in [0.05, 0.1) is 29.4 Å². The number of pyridine rings is 1. The average molecular weight is 265 g/mol. The van der Waals surface area contributed by atoms with Crippen molar-refractivity contribution in [3.05, 3.63) is 29.9 Å². The van der Waals surface area contributed by atoms with Crippen molar-refractivity contribution in [1.29, 1.82) is 5.41 Å². The molecule has 0 aliphatic carbocycles. The highest BCUT2D eigenvalue weighted by Gasteiger charge is 2.15. The molecule has 19 heavy (non-hydrogen) atoms. The van der Waals surface area contributed by atoms with Crippen molar-refractivity contribution in [2.45, 2.75) is 19.9 Å². The van der Waals surface area contributed by atoms with Crippen LogP contribution in [0.3, 0.4) is 0 Å². The lowest BCUT2D eigenvalue weighted by atomic mass is 10.2. The summed E-state index contributed by atoms with van der Waals surface area (Å²) >= 11 is 0. The summed E-state index contributed by atoms with van der Waals surface area (Å²) in [6.45, 7) is 3.83. The number of halogens is 2. The number of aromatic nitrogens is 3. The third-order valence-electron chi connectivity index (χ3n) is 2.74. The van der Waals surface area contributed by atoms with Crippen molar-refractivity contribution in [1.82, 2.24) is 14.5 Å². The molecule has 0 spiro atoms. The SMILES string of the molecule is CC(C)n1cnc2c(F)nc(C(N)=C(F)C=N)cc21. The predicted octanol–water partition coefficient (Wildman–Crippen LogP) is 2.40. The number of nitrogens with one attached hydrogen (secondary N) is 1. The van der Waals surface area contributed by atoms with E-state index in [1.165, 1.54) is 12.4 Å². The maximum atomic E-state index is 13.8. The summed E-state index contributed by atoms with van der Waals surface area (Å²) in [5.41, 5.74) is 5.68. The zero-order valence-electron chi connectivity index (χ0n) is 10.5. The first-order chi connectivity index (χ1) is 8.95. The molecule has 2 aromatic heterocycles. The summed E-state index contributed by atoms with van der Waals surface area (Å²) in [5, 5.41) is 6.81. The van der Waals surface area contributed by atoms with Gasteiger partial charge in [-0.2, -0.15) is 4.39 Å². The van der Waals surface area contributed by atoms with Gasteiger partial charge in [0.1, 0.15) is 5.52 Å². The number of allylic oxidation sites excluding steroid dienone is 1. The van der Waals surface area contributed by atoms with Crippen LogP contribution in [0.4, 0.5) is 8.78 Å². The minimum Gasteiger partial charge on any atom is -0.395 e. The Balaban J connectivity index is 2.73. The summed E-state index contributed by atoms with van der Waals surface area (Å²) in [6, 6.07) is 1.53. The Hall–Kier alpha value is -2.31. The normalized spacial score (nSPS) is 12.9. The highest BCUT2D eigenvalue weighted by atomic mass is 19.1. The molecule has 2 heterocycles. The molecule has 2 rings (SSSR count). The molecule has 5 nitrogen and oxygen atoms in total. The number of hydrogen-bond acceptors (Lipinski definition) is 4. The fourth-order valence-electron chi connectivity index (χ4n) is 1.74. The molecule has 0 aliphatic rings. The van der Waals surface area contributed by atoms with Gasteiger partial charge in [0.15, 0.2) is 5.83 Å². The van der Waals surface area contributed by atoms with E-state index in [1.807, 2.05) is 13.8 Å². The molecule has 0 amide bonds. The molecule has 100 valence electrons. The Labute approximate surface area is 108 Å². The molecular formula is C12H13F2N5. The first-order valence-corrected chi connectivity index (χ1v) is 5.65. The molecule has 0 aliphatic heterocycles. The second-order valence-electron chi connectivity index (χ2n) is 4.32. The number of nitrogens with two attached hydrogens (primary N) is 1. The summed E-state index contributed by atoms with van der Waals surface area (Å²) in [5.74, 6) is -1.77. The second kappa shape index (κ2) is 4.75. The van der Waals surface area contributed by atoms with Gasteiger partial charge in [0, 0.05) is 6.04 Å². The summed E-state index contributed by atoms with van der Waals surface area (Å²) in [6.07, 6.45) is 1.95. The fourth-order valence-corrected chi connectivity index (χ4v) is 1.74. The van der Waals surface area contributed by atoms with Crippen LogP contribution in [-0.4, -0.2) is 20.7 Å². The van der Waals surface area contributed by atoms with E-state index in [0.29, 0.717) is 11.7 Å². The minimum atomic E-state index is -0.957. The van der Waals surface area contributed by atoms with Gasteiger partial charge in [0.25, 0.3) is 0 Å². The van der Waals surface area contributed by atoms with Gasteiger partial charge < -0.3 is 15.7 Å². The second-order valence-corrected chi connectivity index (χ2v) is 4.32. The lowest BCUT2D eigenvalue weighted by Gasteiger charge is -2.09. The van der Waals surface area contributed by atoms with Gasteiger partial charge in [0.2, 0.25) is 5.95 Å². The Morgan fingerprint density at radius 1 is 1.53 bits per heavy atom. The van der Waals surface area contributed by atoms with Crippen LogP contribution in [0.25, 0.3) is 16.7 Å². The monoisotopic (exact) mass is 265 g/mol. The molecule has 0 saturated carbocycles. The third-order valence-corrected chi connectivity index (χ3v) is 2.74. The van der Waals surface area contributed by atoms with E-state index in [0.717, 1.165) is 0 Å². The van der Waals surface area contributed by atoms with Gasteiger partial charge in [-0.15, -0.1) is 0 Å². The number of hydrogen-bond donors (Lipinski definition) is 2. The zero-order valence-corrected chi connectivity index (χ0v) is 10.5. The quantitative estimate of drug-likeness (QED) is 0.660. The van der Waals surface area contributed by atoms with E-state index < -0.39 is 11.8 Å². The van der Waals surface area contributed by atoms with Crippen molar-refractivity contribution in [3.63, 3.8) is 0 Å². The van der Waals surface area contributed by atoms with Gasteiger partial charge in [-0.05, 0) is 19.9 Å². The minimum absolute atomic E-state index is 0.0478. The summed E-state index contributed by atoms with van der Waals surface area (Å²) in [7, 11) is 0. The van der Waals surface area contributed by atoms with Crippen molar-refractivity contribution in [3.8, 4) is 0 Å². The van der Waals surface area contributed by atoms with Crippen LogP contribution < -0.4 is 5.73 Å². The van der Waals surface area contributed by atoms with Crippen molar-refractivity contribution < 1.29 is 8.78 Å². The molecule has 0 fully saturated rings. The van der Waals surface area contributed by atoms with Gasteiger partial charge in [-0.25, -0.2) is 14.4 Å². The Morgan fingerprint density at radius 2 is 2.21 bits per heavy atom. The van der Waals surface area contributed by atoms with Crippen LogP contribution >= 0.6 is 0 Å². The van der Waals surface area contributed by atoms with Crippen LogP contribution in [0.2, 0.25) is 0 Å². The molecule has 0 saturated heterocycles. The van der Waals surface area contributed by atoms with Crippen LogP contribution in [0.15, 0.2) is 18.2 Å². The van der Waals surface area contributed by atoms with Crippen molar-refractivity contribution >= 4 is 22.9 Å². The maximum absolute atomic E-state index is 13.8. The van der Waals surface area contributed by atoms with E-state index in [2.05, 4.69) is 9.97 Å². The molecule has 0 atom stereocenters. The van der Waals surface area contributed by atoms with E-state index >= 15 is 0 Å². The van der Waals surface area contributed by atoms with Crippen LogP contribution in [-0.2, 0) is 0 Å². The molecule has 0 radical (unpaired) electrons. The largest absolute Gasteiger partial charge is 0.395 e. The smallest absolute Gasteiger partial charge is 0.241 e. The number of nitrogens with zero attached hydrogens (tertiary/aromatic N) is 3. The number of rotatable bonds is 3. The van der Waals surface area contributed by atoms with Crippen LogP contribution in [0, 0.1) is 11.4 Å². The van der Waals surface area contributed by atoms with Crippen LogP contribution in [0.1, 0.15) is 25.6 Å². The zero-order chi connectivity index (χ0) is 14.2. The van der Waals surface area contributed by atoms with Crippen LogP contribution in [0.5, 0.6) is 0 Å². The Kier molecular flexibility index (Phi) is 3.28. The van der Waals surface area contributed by atoms with E-state index in [4.69, 9.17) is 11.1 Å². The van der Waals surface area contributed by atoms with Crippen molar-refractivity contribution in [2.24, 2.45) is 5.73 Å². The summed E-state index contributed by atoms with van der Waals surface area (Å²) < 4.78 is 28.8. The molecule has 7 heteroatoms. The molecule has 0 unspecified atom stereocenters. The fraction of sp³-hybridized carbons (Fsp3) is 0.250. The maximum Gasteiger partial charge on any atom is 0.241 e. The molecule has 0 aromatic carbocycles. The van der Waals surface area contributed by atoms with Gasteiger partial charge >= 0.3 is 0 Å². The topological polar surface area (TPSA) is 80.6 Å². The molecule has 3 N–H and O–H groups in total. The van der Waals surface area contributed by atoms with E-state index in [9.17, 15) is 8.78 Å². The molecule has 0 bridgehead atoms. The Morgan fingerprint density at radius 3 is 2.79 bits per heavy atom. The highest BCUT2D eigenvalue weighted by Crippen LogP contribution is 2.22. The van der Waals surface area contributed by atoms with E-state index in [1.54, 1.807) is 4.57 Å². The van der Waals surface area contributed by atoms with Crippen molar-refractivity contribution in [2.75, 3.05) is 0 Å². The Bertz CT molecular complexity index is 672. The number of imidazole rings is 1. The lowest BCUT2D eigenvalue weighted by molar-refractivity contribution is 0.591. The first kappa shape index (κ1) is 13.1. The summed E-state index contributed by atoms with van der Waals surface area (Å²) in [4.78, 5) is 7.51. The molecule has 2 aromatic rings.